The van der Waals surface area contributed by atoms with E-state index in [9.17, 15) is 0 Å². The monoisotopic (exact) mass is 376 g/mol. The first-order valence-electron chi connectivity index (χ1n) is 9.89. The van der Waals surface area contributed by atoms with E-state index in [1.807, 2.05) is 19.2 Å². The minimum Gasteiger partial charge on any atom is -0.493 e. The fraction of sp³-hybridized carbons (Fsp3) is 0.667. The molecule has 0 saturated carbocycles. The molecule has 0 amide bonds. The maximum atomic E-state index is 5.44. The first-order chi connectivity index (χ1) is 13.0. The van der Waals surface area contributed by atoms with Gasteiger partial charge in [-0.3, -0.25) is 4.99 Å². The Morgan fingerprint density at radius 2 is 1.78 bits per heavy atom. The second-order valence-electron chi connectivity index (χ2n) is 7.71. The van der Waals surface area contributed by atoms with E-state index < -0.39 is 0 Å². The molecular formula is C21H36N4O2. The van der Waals surface area contributed by atoms with E-state index in [1.165, 1.54) is 37.9 Å². The quantitative estimate of drug-likeness (QED) is 0.540. The van der Waals surface area contributed by atoms with Gasteiger partial charge in [-0.05, 0) is 43.6 Å². The highest BCUT2D eigenvalue weighted by molar-refractivity contribution is 5.79. The lowest BCUT2D eigenvalue weighted by Crippen LogP contribution is -2.46. The molecule has 0 radical (unpaired) electrons. The molecule has 1 aliphatic rings. The average Bonchev–Trinajstić information content (AvgIpc) is 2.70. The number of nitrogens with zero attached hydrogens (tertiary/aromatic N) is 2. The van der Waals surface area contributed by atoms with Crippen LogP contribution in [0.4, 0.5) is 0 Å². The Labute approximate surface area is 164 Å². The molecule has 1 saturated heterocycles. The minimum absolute atomic E-state index is 0.0793. The number of methoxy groups -OCH3 is 2. The van der Waals surface area contributed by atoms with Crippen molar-refractivity contribution in [2.75, 3.05) is 54.0 Å². The summed E-state index contributed by atoms with van der Waals surface area (Å²) in [4.78, 5) is 6.88. The Kier molecular flexibility index (Phi) is 8.23. The van der Waals surface area contributed by atoms with Crippen molar-refractivity contribution < 1.29 is 9.47 Å². The van der Waals surface area contributed by atoms with Crippen LogP contribution in [0.2, 0.25) is 0 Å². The number of piperidine rings is 1. The van der Waals surface area contributed by atoms with Gasteiger partial charge in [-0.15, -0.1) is 0 Å². The molecular weight excluding hydrogens is 340 g/mol. The van der Waals surface area contributed by atoms with Crippen LogP contribution in [0.1, 0.15) is 38.7 Å². The Morgan fingerprint density at radius 1 is 1.07 bits per heavy atom. The number of aliphatic imine (C=N–C) groups is 1. The molecule has 2 rings (SSSR count). The highest BCUT2D eigenvalue weighted by atomic mass is 16.5. The van der Waals surface area contributed by atoms with Gasteiger partial charge in [-0.2, -0.15) is 0 Å². The molecule has 6 heteroatoms. The molecule has 1 heterocycles. The van der Waals surface area contributed by atoms with Gasteiger partial charge in [0.05, 0.1) is 14.2 Å². The number of likely N-dealkylation sites (tertiary alicyclic amines) is 1. The van der Waals surface area contributed by atoms with E-state index in [0.717, 1.165) is 37.1 Å². The van der Waals surface area contributed by atoms with Crippen molar-refractivity contribution >= 4 is 5.96 Å². The van der Waals surface area contributed by atoms with Crippen LogP contribution in [0.25, 0.3) is 0 Å². The predicted molar refractivity (Wildman–Crippen MR) is 112 cm³/mol. The van der Waals surface area contributed by atoms with Crippen molar-refractivity contribution in [2.24, 2.45) is 4.99 Å². The standard InChI is InChI=1S/C21H36N4O2/c1-21(2,17-9-10-18(26-4)19(15-17)27-5)16-24-20(22-3)23-11-14-25-12-7-6-8-13-25/h9-10,15H,6-8,11-14,16H2,1-5H3,(H2,22,23,24). The second-order valence-corrected chi connectivity index (χ2v) is 7.71. The molecule has 27 heavy (non-hydrogen) atoms. The van der Waals surface area contributed by atoms with Gasteiger partial charge in [0.25, 0.3) is 0 Å². The zero-order valence-electron chi connectivity index (χ0n) is 17.6. The normalized spacial score (nSPS) is 16.1. The summed E-state index contributed by atoms with van der Waals surface area (Å²) in [5, 5.41) is 6.89. The zero-order valence-corrected chi connectivity index (χ0v) is 17.6. The van der Waals surface area contributed by atoms with Crippen molar-refractivity contribution in [2.45, 2.75) is 38.5 Å². The first-order valence-corrected chi connectivity index (χ1v) is 9.89. The molecule has 2 N–H and O–H groups in total. The molecule has 152 valence electrons. The third-order valence-electron chi connectivity index (χ3n) is 5.26. The Bertz CT molecular complexity index is 610. The van der Waals surface area contributed by atoms with Gasteiger partial charge in [-0.1, -0.05) is 26.3 Å². The first kappa shape index (κ1) is 21.4. The summed E-state index contributed by atoms with van der Waals surface area (Å²) in [5.41, 5.74) is 1.11. The van der Waals surface area contributed by atoms with Crippen LogP contribution in [0.15, 0.2) is 23.2 Å². The molecule has 1 aliphatic heterocycles. The average molecular weight is 377 g/mol. The smallest absolute Gasteiger partial charge is 0.191 e. The molecule has 0 bridgehead atoms. The molecule has 1 aromatic rings. The lowest BCUT2D eigenvalue weighted by molar-refractivity contribution is 0.232. The fourth-order valence-corrected chi connectivity index (χ4v) is 3.40. The highest BCUT2D eigenvalue weighted by Gasteiger charge is 2.22. The lowest BCUT2D eigenvalue weighted by Gasteiger charge is -2.28. The van der Waals surface area contributed by atoms with Crippen LogP contribution in [0.3, 0.4) is 0 Å². The zero-order chi connectivity index (χ0) is 19.7. The summed E-state index contributed by atoms with van der Waals surface area (Å²) in [6, 6.07) is 6.10. The van der Waals surface area contributed by atoms with Crippen LogP contribution >= 0.6 is 0 Å². The van der Waals surface area contributed by atoms with Crippen molar-refractivity contribution in [1.29, 1.82) is 0 Å². The van der Waals surface area contributed by atoms with Gasteiger partial charge in [-0.25, -0.2) is 0 Å². The van der Waals surface area contributed by atoms with E-state index in [0.29, 0.717) is 0 Å². The van der Waals surface area contributed by atoms with Crippen LogP contribution in [0.5, 0.6) is 11.5 Å². The van der Waals surface area contributed by atoms with Gasteiger partial charge in [0.1, 0.15) is 0 Å². The van der Waals surface area contributed by atoms with E-state index in [-0.39, 0.29) is 5.41 Å². The summed E-state index contributed by atoms with van der Waals surface area (Å²) >= 11 is 0. The SMILES string of the molecule is CN=C(NCCN1CCCCC1)NCC(C)(C)c1ccc(OC)c(OC)c1. The molecule has 0 aromatic heterocycles. The molecule has 1 aromatic carbocycles. The second kappa shape index (κ2) is 10.4. The van der Waals surface area contributed by atoms with Crippen LogP contribution in [-0.4, -0.2) is 64.9 Å². The fourth-order valence-electron chi connectivity index (χ4n) is 3.40. The number of guanidine groups is 1. The minimum atomic E-state index is -0.0793. The number of nitrogens with one attached hydrogen (secondary N) is 2. The van der Waals surface area contributed by atoms with E-state index in [4.69, 9.17) is 9.47 Å². The van der Waals surface area contributed by atoms with E-state index in [2.05, 4.69) is 40.4 Å². The highest BCUT2D eigenvalue weighted by Crippen LogP contribution is 2.32. The number of hydrogen-bond donors (Lipinski definition) is 2. The Hall–Kier alpha value is -1.95. The number of ether oxygens (including phenoxy) is 2. The number of rotatable bonds is 8. The Balaban J connectivity index is 1.86. The van der Waals surface area contributed by atoms with Crippen molar-refractivity contribution in [3.63, 3.8) is 0 Å². The molecule has 0 unspecified atom stereocenters. The van der Waals surface area contributed by atoms with E-state index in [1.54, 1.807) is 14.2 Å². The van der Waals surface area contributed by atoms with Gasteiger partial charge >= 0.3 is 0 Å². The van der Waals surface area contributed by atoms with Crippen molar-refractivity contribution in [1.82, 2.24) is 15.5 Å². The van der Waals surface area contributed by atoms with Crippen LogP contribution < -0.4 is 20.1 Å². The number of benzene rings is 1. The van der Waals surface area contributed by atoms with Gasteiger partial charge in [0, 0.05) is 32.1 Å². The Morgan fingerprint density at radius 3 is 2.41 bits per heavy atom. The summed E-state index contributed by atoms with van der Waals surface area (Å²) in [5.74, 6) is 2.35. The maximum absolute atomic E-state index is 5.44. The summed E-state index contributed by atoms with van der Waals surface area (Å²) in [6.07, 6.45) is 4.03. The third-order valence-corrected chi connectivity index (χ3v) is 5.26. The van der Waals surface area contributed by atoms with Crippen LogP contribution in [-0.2, 0) is 5.41 Å². The summed E-state index contributed by atoms with van der Waals surface area (Å²) in [7, 11) is 5.14. The van der Waals surface area contributed by atoms with Crippen LogP contribution in [0, 0.1) is 0 Å². The van der Waals surface area contributed by atoms with E-state index >= 15 is 0 Å². The molecule has 1 fully saturated rings. The maximum Gasteiger partial charge on any atom is 0.191 e. The lowest BCUT2D eigenvalue weighted by atomic mass is 9.84. The molecule has 0 spiro atoms. The van der Waals surface area contributed by atoms with Crippen molar-refractivity contribution in [3.8, 4) is 11.5 Å². The molecule has 0 atom stereocenters. The number of hydrogen-bond acceptors (Lipinski definition) is 4. The molecule has 0 aliphatic carbocycles. The molecule has 6 nitrogen and oxygen atoms in total. The van der Waals surface area contributed by atoms with Gasteiger partial charge in [0.2, 0.25) is 0 Å². The predicted octanol–water partition coefficient (Wildman–Crippen LogP) is 2.63. The summed E-state index contributed by atoms with van der Waals surface area (Å²) < 4.78 is 10.8. The summed E-state index contributed by atoms with van der Waals surface area (Å²) in [6.45, 7) is 9.62. The van der Waals surface area contributed by atoms with Gasteiger partial charge < -0.3 is 25.0 Å². The largest absolute Gasteiger partial charge is 0.493 e. The van der Waals surface area contributed by atoms with Gasteiger partial charge in [0.15, 0.2) is 17.5 Å². The topological polar surface area (TPSA) is 58.1 Å². The van der Waals surface area contributed by atoms with Crippen molar-refractivity contribution in [3.05, 3.63) is 23.8 Å². The third kappa shape index (κ3) is 6.31.